The molecule has 0 bridgehead atoms. The number of hydrogen-bond acceptors (Lipinski definition) is 7. The Kier molecular flexibility index (Phi) is 7.13. The van der Waals surface area contributed by atoms with Gasteiger partial charge in [-0.2, -0.15) is 0 Å². The number of ether oxygens (including phenoxy) is 2. The summed E-state index contributed by atoms with van der Waals surface area (Å²) < 4.78 is 9.96. The Morgan fingerprint density at radius 2 is 1.69 bits per heavy atom. The molecule has 7 heteroatoms. The molecular weight excluding hydrogens is 368 g/mol. The number of anilines is 3. The topological polar surface area (TPSA) is 85.4 Å². The quantitative estimate of drug-likeness (QED) is 0.418. The monoisotopic (exact) mass is 392 g/mol. The molecular formula is C22H24N4O3. The van der Waals surface area contributed by atoms with Crippen molar-refractivity contribution >= 4 is 23.3 Å². The summed E-state index contributed by atoms with van der Waals surface area (Å²) in [6.45, 7) is 1.39. The van der Waals surface area contributed by atoms with Crippen LogP contribution in [-0.2, 0) is 9.47 Å². The number of esters is 1. The minimum Gasteiger partial charge on any atom is -0.465 e. The second-order valence-corrected chi connectivity index (χ2v) is 6.26. The molecule has 7 nitrogen and oxygen atoms in total. The molecule has 0 spiro atoms. The molecule has 0 unspecified atom stereocenters. The van der Waals surface area contributed by atoms with Gasteiger partial charge in [0.25, 0.3) is 0 Å². The molecule has 150 valence electrons. The molecule has 0 aliphatic rings. The van der Waals surface area contributed by atoms with Gasteiger partial charge in [-0.3, -0.25) is 0 Å². The highest BCUT2D eigenvalue weighted by atomic mass is 16.5. The highest BCUT2D eigenvalue weighted by Crippen LogP contribution is 2.25. The third-order valence-corrected chi connectivity index (χ3v) is 4.18. The number of carbonyl (C=O) groups excluding carboxylic acids is 1. The maximum Gasteiger partial charge on any atom is 0.339 e. The smallest absolute Gasteiger partial charge is 0.339 e. The minimum atomic E-state index is -0.414. The molecule has 2 N–H and O–H groups in total. The molecule has 3 rings (SSSR count). The molecule has 0 radical (unpaired) electrons. The predicted molar refractivity (Wildman–Crippen MR) is 114 cm³/mol. The summed E-state index contributed by atoms with van der Waals surface area (Å²) in [7, 11) is 3.04. The van der Waals surface area contributed by atoms with Gasteiger partial charge in [0, 0.05) is 31.9 Å². The van der Waals surface area contributed by atoms with Crippen molar-refractivity contribution in [2.75, 3.05) is 38.0 Å². The van der Waals surface area contributed by atoms with Crippen molar-refractivity contribution < 1.29 is 14.3 Å². The second-order valence-electron chi connectivity index (χ2n) is 6.26. The van der Waals surface area contributed by atoms with Gasteiger partial charge >= 0.3 is 5.97 Å². The number of hydrogen-bond donors (Lipinski definition) is 2. The molecule has 29 heavy (non-hydrogen) atoms. The van der Waals surface area contributed by atoms with Crippen molar-refractivity contribution in [3.63, 3.8) is 0 Å². The van der Waals surface area contributed by atoms with Crippen molar-refractivity contribution in [2.24, 2.45) is 0 Å². The predicted octanol–water partition coefficient (Wildman–Crippen LogP) is 4.12. The third-order valence-electron chi connectivity index (χ3n) is 4.18. The molecule has 0 aliphatic carbocycles. The van der Waals surface area contributed by atoms with E-state index in [0.29, 0.717) is 35.3 Å². The first-order chi connectivity index (χ1) is 14.2. The van der Waals surface area contributed by atoms with Gasteiger partial charge in [0.05, 0.1) is 18.4 Å². The SMILES string of the molecule is COCCCNc1cc(Nc2ccccc2C(=O)OC)nc(-c2ccccc2)n1. The molecule has 0 fully saturated rings. The van der Waals surface area contributed by atoms with Crippen molar-refractivity contribution in [1.82, 2.24) is 9.97 Å². The van der Waals surface area contributed by atoms with Crippen LogP contribution in [-0.4, -0.2) is 43.3 Å². The minimum absolute atomic E-state index is 0.414. The van der Waals surface area contributed by atoms with Gasteiger partial charge in [-0.25, -0.2) is 14.8 Å². The van der Waals surface area contributed by atoms with Crippen LogP contribution in [0.25, 0.3) is 11.4 Å². The normalized spacial score (nSPS) is 10.4. The largest absolute Gasteiger partial charge is 0.465 e. The molecule has 0 amide bonds. The van der Waals surface area contributed by atoms with E-state index in [4.69, 9.17) is 9.47 Å². The summed E-state index contributed by atoms with van der Waals surface area (Å²) in [5, 5.41) is 6.52. The lowest BCUT2D eigenvalue weighted by atomic mass is 10.2. The fraction of sp³-hybridized carbons (Fsp3) is 0.227. The molecule has 0 atom stereocenters. The van der Waals surface area contributed by atoms with E-state index in [-0.39, 0.29) is 0 Å². The van der Waals surface area contributed by atoms with Gasteiger partial charge in [0.1, 0.15) is 11.6 Å². The first-order valence-corrected chi connectivity index (χ1v) is 9.33. The number of methoxy groups -OCH3 is 2. The van der Waals surface area contributed by atoms with Crippen LogP contribution in [0, 0.1) is 0 Å². The summed E-state index contributed by atoms with van der Waals surface area (Å²) in [5.41, 5.74) is 1.95. The van der Waals surface area contributed by atoms with Crippen molar-refractivity contribution in [1.29, 1.82) is 0 Å². The zero-order valence-electron chi connectivity index (χ0n) is 16.5. The average molecular weight is 392 g/mol. The fourth-order valence-corrected chi connectivity index (χ4v) is 2.77. The van der Waals surface area contributed by atoms with Gasteiger partial charge in [-0.15, -0.1) is 0 Å². The number of nitrogens with one attached hydrogen (secondary N) is 2. The number of benzene rings is 2. The van der Waals surface area contributed by atoms with Crippen molar-refractivity contribution in [3.05, 3.63) is 66.2 Å². The molecule has 1 heterocycles. The van der Waals surface area contributed by atoms with Gasteiger partial charge in [0.2, 0.25) is 0 Å². The summed E-state index contributed by atoms with van der Waals surface area (Å²) in [5.74, 6) is 1.43. The lowest BCUT2D eigenvalue weighted by Gasteiger charge is -2.13. The number of rotatable bonds is 9. The Balaban J connectivity index is 1.92. The molecule has 1 aromatic heterocycles. The standard InChI is InChI=1S/C22H24N4O3/c1-28-14-8-13-23-19-15-20(26-21(25-19)16-9-4-3-5-10-16)24-18-12-7-6-11-17(18)22(27)29-2/h3-7,9-12,15H,8,13-14H2,1-2H3,(H2,23,24,25,26). The number of aromatic nitrogens is 2. The zero-order valence-corrected chi connectivity index (χ0v) is 16.5. The van der Waals surface area contributed by atoms with Crippen LogP contribution < -0.4 is 10.6 Å². The molecule has 0 saturated carbocycles. The van der Waals surface area contributed by atoms with Crippen LogP contribution in [0.2, 0.25) is 0 Å². The van der Waals surface area contributed by atoms with Crippen molar-refractivity contribution in [2.45, 2.75) is 6.42 Å². The van der Waals surface area contributed by atoms with E-state index in [1.165, 1.54) is 7.11 Å². The first-order valence-electron chi connectivity index (χ1n) is 9.33. The highest BCUT2D eigenvalue weighted by Gasteiger charge is 2.13. The van der Waals surface area contributed by atoms with Crippen LogP contribution in [0.5, 0.6) is 0 Å². The van der Waals surface area contributed by atoms with Crippen LogP contribution in [0.15, 0.2) is 60.7 Å². The second kappa shape index (κ2) is 10.2. The van der Waals surface area contributed by atoms with Crippen LogP contribution in [0.4, 0.5) is 17.3 Å². The zero-order chi connectivity index (χ0) is 20.5. The third kappa shape index (κ3) is 5.52. The lowest BCUT2D eigenvalue weighted by Crippen LogP contribution is -2.09. The van der Waals surface area contributed by atoms with Gasteiger partial charge < -0.3 is 20.1 Å². The molecule has 0 aliphatic heterocycles. The fourth-order valence-electron chi connectivity index (χ4n) is 2.77. The number of para-hydroxylation sites is 1. The Labute approximate surface area is 170 Å². The van der Waals surface area contributed by atoms with E-state index < -0.39 is 5.97 Å². The molecule has 0 saturated heterocycles. The summed E-state index contributed by atoms with van der Waals surface area (Å²) in [6.07, 6.45) is 0.856. The Bertz CT molecular complexity index is 948. The number of nitrogens with zero attached hydrogens (tertiary/aromatic N) is 2. The van der Waals surface area contributed by atoms with Crippen LogP contribution in [0.3, 0.4) is 0 Å². The van der Waals surface area contributed by atoms with Gasteiger partial charge in [-0.1, -0.05) is 42.5 Å². The Morgan fingerprint density at radius 1 is 0.966 bits per heavy atom. The highest BCUT2D eigenvalue weighted by molar-refractivity contribution is 5.96. The van der Waals surface area contributed by atoms with Crippen molar-refractivity contribution in [3.8, 4) is 11.4 Å². The lowest BCUT2D eigenvalue weighted by molar-refractivity contribution is 0.0602. The van der Waals surface area contributed by atoms with E-state index in [1.54, 1.807) is 19.2 Å². The number of carbonyl (C=O) groups is 1. The van der Waals surface area contributed by atoms with Crippen LogP contribution in [0.1, 0.15) is 16.8 Å². The van der Waals surface area contributed by atoms with Gasteiger partial charge in [0.15, 0.2) is 5.82 Å². The van der Waals surface area contributed by atoms with E-state index >= 15 is 0 Å². The molecule has 2 aromatic carbocycles. The van der Waals surface area contributed by atoms with Crippen LogP contribution >= 0.6 is 0 Å². The Morgan fingerprint density at radius 3 is 2.45 bits per heavy atom. The van der Waals surface area contributed by atoms with E-state index in [0.717, 1.165) is 18.5 Å². The molecule has 3 aromatic rings. The van der Waals surface area contributed by atoms with E-state index in [2.05, 4.69) is 20.6 Å². The summed E-state index contributed by atoms with van der Waals surface area (Å²) >= 11 is 0. The first kappa shape index (κ1) is 20.3. The van der Waals surface area contributed by atoms with E-state index in [9.17, 15) is 4.79 Å². The average Bonchev–Trinajstić information content (AvgIpc) is 2.77. The van der Waals surface area contributed by atoms with Gasteiger partial charge in [-0.05, 0) is 18.6 Å². The summed E-state index contributed by atoms with van der Waals surface area (Å²) in [6, 6.07) is 18.7. The Hall–Kier alpha value is -3.45. The van der Waals surface area contributed by atoms with E-state index in [1.807, 2.05) is 48.5 Å². The summed E-state index contributed by atoms with van der Waals surface area (Å²) in [4.78, 5) is 21.3. The maximum atomic E-state index is 12.1. The maximum absolute atomic E-state index is 12.1.